The SMILES string of the molecule is C[C@]1(C(=O)[C@H](Br)[C@H](Br)c2cccc(Cl)c2)CO1. The molecule has 2 rings (SSSR count). The van der Waals surface area contributed by atoms with Crippen molar-refractivity contribution in [2.24, 2.45) is 0 Å². The van der Waals surface area contributed by atoms with Gasteiger partial charge in [0.1, 0.15) is 5.60 Å². The Morgan fingerprint density at radius 2 is 2.18 bits per heavy atom. The Bertz CT molecular complexity index is 446. The summed E-state index contributed by atoms with van der Waals surface area (Å²) in [5.41, 5.74) is 0.357. The van der Waals surface area contributed by atoms with Crippen LogP contribution in [0, 0.1) is 0 Å². The van der Waals surface area contributed by atoms with E-state index in [4.69, 9.17) is 16.3 Å². The number of benzene rings is 1. The van der Waals surface area contributed by atoms with Crippen molar-refractivity contribution in [3.05, 3.63) is 34.9 Å². The number of hydrogen-bond acceptors (Lipinski definition) is 2. The molecule has 1 saturated heterocycles. The number of carbonyl (C=O) groups is 1. The number of Topliss-reactive ketones (excluding diaryl/α,β-unsaturated/α-hetero) is 1. The lowest BCUT2D eigenvalue weighted by molar-refractivity contribution is -0.122. The molecule has 0 N–H and O–H groups in total. The van der Waals surface area contributed by atoms with Crippen LogP contribution in [0.1, 0.15) is 17.3 Å². The first-order valence-electron chi connectivity index (χ1n) is 5.16. The molecule has 1 aliphatic heterocycles. The van der Waals surface area contributed by atoms with Crippen LogP contribution in [0.15, 0.2) is 24.3 Å². The van der Waals surface area contributed by atoms with Crippen LogP contribution in [-0.2, 0) is 9.53 Å². The van der Waals surface area contributed by atoms with Crippen LogP contribution in [0.25, 0.3) is 0 Å². The number of hydrogen-bond donors (Lipinski definition) is 0. The first kappa shape index (κ1) is 13.5. The molecule has 0 unspecified atom stereocenters. The number of carbonyl (C=O) groups excluding carboxylic acids is 1. The van der Waals surface area contributed by atoms with Gasteiger partial charge in [-0.2, -0.15) is 0 Å². The van der Waals surface area contributed by atoms with Crippen molar-refractivity contribution in [2.75, 3.05) is 6.61 Å². The van der Waals surface area contributed by atoms with Crippen molar-refractivity contribution in [3.8, 4) is 0 Å². The third kappa shape index (κ3) is 2.92. The van der Waals surface area contributed by atoms with Crippen molar-refractivity contribution in [1.82, 2.24) is 0 Å². The summed E-state index contributed by atoms with van der Waals surface area (Å²) in [5.74, 6) is 0.0550. The summed E-state index contributed by atoms with van der Waals surface area (Å²) in [5, 5.41) is 0.660. The number of halogens is 3. The zero-order chi connectivity index (χ0) is 12.6. The van der Waals surface area contributed by atoms with Gasteiger partial charge in [0, 0.05) is 5.02 Å². The van der Waals surface area contributed by atoms with Crippen LogP contribution >= 0.6 is 43.5 Å². The minimum Gasteiger partial charge on any atom is -0.362 e. The summed E-state index contributed by atoms with van der Waals surface area (Å²) in [6, 6.07) is 7.45. The molecule has 92 valence electrons. The zero-order valence-corrected chi connectivity index (χ0v) is 13.0. The summed E-state index contributed by atoms with van der Waals surface area (Å²) >= 11 is 12.9. The van der Waals surface area contributed by atoms with Gasteiger partial charge in [-0.3, -0.25) is 4.79 Å². The summed E-state index contributed by atoms with van der Waals surface area (Å²) in [6.07, 6.45) is 0. The Labute approximate surface area is 122 Å². The van der Waals surface area contributed by atoms with E-state index in [-0.39, 0.29) is 15.4 Å². The van der Waals surface area contributed by atoms with Crippen molar-refractivity contribution in [1.29, 1.82) is 0 Å². The Kier molecular flexibility index (Phi) is 3.98. The predicted octanol–water partition coefficient (Wildman–Crippen LogP) is 3.90. The third-order valence-corrected chi connectivity index (χ3v) is 5.72. The van der Waals surface area contributed by atoms with Crippen LogP contribution < -0.4 is 0 Å². The number of ketones is 1. The van der Waals surface area contributed by atoms with Crippen LogP contribution in [0.4, 0.5) is 0 Å². The first-order valence-corrected chi connectivity index (χ1v) is 7.37. The van der Waals surface area contributed by atoms with E-state index in [1.54, 1.807) is 13.0 Å². The molecule has 0 saturated carbocycles. The highest BCUT2D eigenvalue weighted by Gasteiger charge is 2.50. The lowest BCUT2D eigenvalue weighted by atomic mass is 10.00. The van der Waals surface area contributed by atoms with Gasteiger partial charge in [0.05, 0.1) is 16.3 Å². The van der Waals surface area contributed by atoms with E-state index in [2.05, 4.69) is 31.9 Å². The fourth-order valence-electron chi connectivity index (χ4n) is 1.52. The molecule has 5 heteroatoms. The van der Waals surface area contributed by atoms with Gasteiger partial charge in [-0.1, -0.05) is 55.6 Å². The summed E-state index contributed by atoms with van der Waals surface area (Å²) < 4.78 is 5.16. The maximum absolute atomic E-state index is 12.1. The van der Waals surface area contributed by atoms with Gasteiger partial charge < -0.3 is 4.74 Å². The van der Waals surface area contributed by atoms with Crippen molar-refractivity contribution < 1.29 is 9.53 Å². The first-order chi connectivity index (χ1) is 7.94. The minimum atomic E-state index is -0.612. The maximum atomic E-state index is 12.1. The lowest BCUT2D eigenvalue weighted by Crippen LogP contribution is -2.31. The Balaban J connectivity index is 2.14. The van der Waals surface area contributed by atoms with Crippen molar-refractivity contribution >= 4 is 49.2 Å². The largest absolute Gasteiger partial charge is 0.362 e. The molecular weight excluding hydrogens is 371 g/mol. The monoisotopic (exact) mass is 380 g/mol. The highest BCUT2D eigenvalue weighted by Crippen LogP contribution is 2.39. The number of rotatable bonds is 4. The van der Waals surface area contributed by atoms with Gasteiger partial charge in [-0.25, -0.2) is 0 Å². The normalized spacial score (nSPS) is 26.4. The molecule has 2 nitrogen and oxygen atoms in total. The van der Waals surface area contributed by atoms with E-state index < -0.39 is 5.60 Å². The highest BCUT2D eigenvalue weighted by molar-refractivity contribution is 9.12. The van der Waals surface area contributed by atoms with Crippen molar-refractivity contribution in [2.45, 2.75) is 22.2 Å². The molecule has 0 amide bonds. The van der Waals surface area contributed by atoms with E-state index in [0.29, 0.717) is 11.6 Å². The fraction of sp³-hybridized carbons (Fsp3) is 0.417. The summed E-state index contributed by atoms with van der Waals surface area (Å²) in [6.45, 7) is 2.31. The molecule has 0 radical (unpaired) electrons. The molecule has 0 bridgehead atoms. The van der Waals surface area contributed by atoms with E-state index >= 15 is 0 Å². The zero-order valence-electron chi connectivity index (χ0n) is 9.12. The minimum absolute atomic E-state index is 0.0550. The Morgan fingerprint density at radius 1 is 1.53 bits per heavy atom. The molecule has 1 heterocycles. The molecule has 1 aliphatic rings. The number of alkyl halides is 2. The third-order valence-electron chi connectivity index (χ3n) is 2.77. The van der Waals surface area contributed by atoms with Gasteiger partial charge in [0.15, 0.2) is 5.78 Å². The number of epoxide rings is 1. The molecule has 3 atom stereocenters. The molecule has 17 heavy (non-hydrogen) atoms. The van der Waals surface area contributed by atoms with Crippen LogP contribution in [0.3, 0.4) is 0 Å². The molecule has 1 fully saturated rings. The van der Waals surface area contributed by atoms with E-state index in [9.17, 15) is 4.79 Å². The molecule has 0 spiro atoms. The quantitative estimate of drug-likeness (QED) is 0.584. The molecule has 0 aromatic heterocycles. The summed E-state index contributed by atoms with van der Waals surface area (Å²) in [4.78, 5) is 11.7. The van der Waals surface area contributed by atoms with Gasteiger partial charge in [-0.15, -0.1) is 0 Å². The van der Waals surface area contributed by atoms with E-state index in [0.717, 1.165) is 5.56 Å². The highest BCUT2D eigenvalue weighted by atomic mass is 79.9. The average molecular weight is 382 g/mol. The Hall–Kier alpha value is 0.1000. The molecular formula is C12H11Br2ClO2. The summed E-state index contributed by atoms with van der Waals surface area (Å²) in [7, 11) is 0. The van der Waals surface area contributed by atoms with Gasteiger partial charge in [0.25, 0.3) is 0 Å². The van der Waals surface area contributed by atoms with Gasteiger partial charge in [-0.05, 0) is 24.6 Å². The standard InChI is InChI=1S/C12H11Br2ClO2/c1-12(6-17-12)11(16)10(14)9(13)7-3-2-4-8(15)5-7/h2-5,9-10H,6H2,1H3/t9-,10-,12-/m1/s1. The lowest BCUT2D eigenvalue weighted by Gasteiger charge is -2.18. The molecule has 1 aromatic carbocycles. The van der Waals surface area contributed by atoms with E-state index in [1.807, 2.05) is 18.2 Å². The topological polar surface area (TPSA) is 29.6 Å². The second-order valence-electron chi connectivity index (χ2n) is 4.24. The van der Waals surface area contributed by atoms with Crippen LogP contribution in [-0.4, -0.2) is 22.8 Å². The second kappa shape index (κ2) is 5.00. The smallest absolute Gasteiger partial charge is 0.181 e. The van der Waals surface area contributed by atoms with Gasteiger partial charge >= 0.3 is 0 Å². The van der Waals surface area contributed by atoms with Gasteiger partial charge in [0.2, 0.25) is 0 Å². The predicted molar refractivity (Wildman–Crippen MR) is 75.2 cm³/mol. The van der Waals surface area contributed by atoms with Crippen LogP contribution in [0.2, 0.25) is 5.02 Å². The number of ether oxygens (including phenoxy) is 1. The van der Waals surface area contributed by atoms with E-state index in [1.165, 1.54) is 0 Å². The second-order valence-corrected chi connectivity index (χ2v) is 6.65. The average Bonchev–Trinajstić information content (AvgIpc) is 3.06. The molecule has 0 aliphatic carbocycles. The van der Waals surface area contributed by atoms with Crippen LogP contribution in [0.5, 0.6) is 0 Å². The maximum Gasteiger partial charge on any atom is 0.181 e. The van der Waals surface area contributed by atoms with Crippen molar-refractivity contribution in [3.63, 3.8) is 0 Å². The Morgan fingerprint density at radius 3 is 2.71 bits per heavy atom. The molecule has 1 aromatic rings. The fourth-order valence-corrected chi connectivity index (χ4v) is 3.04.